The Morgan fingerprint density at radius 2 is 0.960 bits per heavy atom. The first kappa shape index (κ1) is 20.7. The van der Waals surface area contributed by atoms with Gasteiger partial charge < -0.3 is 10.2 Å². The maximum Gasteiger partial charge on any atom is 0.213 e. The fourth-order valence-corrected chi connectivity index (χ4v) is 5.21. The van der Waals surface area contributed by atoms with E-state index in [9.17, 15) is 10.2 Å². The molecule has 0 bridgehead atoms. The molecule has 2 nitrogen and oxygen atoms in total. The summed E-state index contributed by atoms with van der Waals surface area (Å²) < 4.78 is 0. The van der Waals surface area contributed by atoms with Crippen molar-refractivity contribution in [2.24, 2.45) is 0 Å². The number of benzene rings is 2. The zero-order chi connectivity index (χ0) is 19.0. The van der Waals surface area contributed by atoms with Crippen LogP contribution in [0, 0.1) is 0 Å². The summed E-state index contributed by atoms with van der Waals surface area (Å²) in [6, 6.07) is 0. The fourth-order valence-electron chi connectivity index (χ4n) is 2.67. The number of rotatable bonds is 0. The molecule has 3 rings (SSSR count). The monoisotopic (exact) mass is 518 g/mol. The second-order valence-electron chi connectivity index (χ2n) is 5.14. The second-order valence-corrected chi connectivity index (χ2v) is 8.60. The van der Waals surface area contributed by atoms with Gasteiger partial charge in [0.05, 0.1) is 40.2 Å². The van der Waals surface area contributed by atoms with E-state index in [0.717, 1.165) is 0 Å². The molecule has 0 radical (unpaired) electrons. The van der Waals surface area contributed by atoms with Crippen LogP contribution < -0.4 is 0 Å². The van der Waals surface area contributed by atoms with E-state index in [1.165, 1.54) is 0 Å². The lowest BCUT2D eigenvalue weighted by atomic mass is 9.81. The van der Waals surface area contributed by atoms with Crippen molar-refractivity contribution in [2.45, 2.75) is 11.2 Å². The summed E-state index contributed by atoms with van der Waals surface area (Å²) in [5.74, 6) is -2.69. The topological polar surface area (TPSA) is 40.5 Å². The summed E-state index contributed by atoms with van der Waals surface area (Å²) in [5.41, 5.74) is -0.0993. The molecule has 1 aliphatic carbocycles. The number of fused-ring (bicyclic) bond motifs is 3. The predicted molar refractivity (Wildman–Crippen MR) is 107 cm³/mol. The van der Waals surface area contributed by atoms with E-state index < -0.39 is 11.2 Å². The summed E-state index contributed by atoms with van der Waals surface area (Å²) in [4.78, 5) is 0. The highest BCUT2D eigenvalue weighted by Gasteiger charge is 2.49. The standard InChI is InChI=1S/C14H3Cl9O2/c15-5-1-2-4(8(18)12(22)10(20)6(2)16)14(24,25)13(23)3(1)7(17)11(21)9(5)19/h13,24-25H. The average Bonchev–Trinajstić information content (AvgIpc) is 2.56. The Morgan fingerprint density at radius 1 is 0.560 bits per heavy atom. The fraction of sp³-hybridized carbons (Fsp3) is 0.143. The van der Waals surface area contributed by atoms with E-state index in [-0.39, 0.29) is 62.4 Å². The van der Waals surface area contributed by atoms with Crippen LogP contribution in [-0.2, 0) is 5.79 Å². The summed E-state index contributed by atoms with van der Waals surface area (Å²) >= 11 is 55.6. The minimum absolute atomic E-state index is 0.00318. The molecule has 0 saturated heterocycles. The minimum Gasteiger partial charge on any atom is -0.360 e. The Bertz CT molecular complexity index is 939. The summed E-state index contributed by atoms with van der Waals surface area (Å²) in [5, 5.41) is 18.8. The summed E-state index contributed by atoms with van der Waals surface area (Å²) in [7, 11) is 0. The molecular formula is C14H3Cl9O2. The Hall–Kier alpha value is 0.970. The van der Waals surface area contributed by atoms with Crippen LogP contribution >= 0.6 is 104 Å². The molecule has 2 N–H and O–H groups in total. The first-order valence-corrected chi connectivity index (χ1v) is 9.71. The highest BCUT2D eigenvalue weighted by atomic mass is 35.5. The third kappa shape index (κ3) is 2.77. The van der Waals surface area contributed by atoms with Crippen molar-refractivity contribution in [1.82, 2.24) is 0 Å². The summed E-state index contributed by atoms with van der Waals surface area (Å²) in [6.45, 7) is 0. The smallest absolute Gasteiger partial charge is 0.213 e. The first-order valence-electron chi connectivity index (χ1n) is 6.25. The van der Waals surface area contributed by atoms with Crippen LogP contribution in [0.15, 0.2) is 0 Å². The van der Waals surface area contributed by atoms with E-state index in [2.05, 4.69) is 0 Å². The van der Waals surface area contributed by atoms with Gasteiger partial charge in [0.25, 0.3) is 0 Å². The Balaban J connectivity index is 2.65. The van der Waals surface area contributed by atoms with Gasteiger partial charge in [-0.3, -0.25) is 0 Å². The van der Waals surface area contributed by atoms with Crippen molar-refractivity contribution in [3.8, 4) is 11.1 Å². The van der Waals surface area contributed by atoms with Crippen LogP contribution in [0.4, 0.5) is 0 Å². The Morgan fingerprint density at radius 3 is 1.48 bits per heavy atom. The highest BCUT2D eigenvalue weighted by Crippen LogP contribution is 2.62. The molecule has 25 heavy (non-hydrogen) atoms. The molecular weight excluding hydrogens is 519 g/mol. The zero-order valence-electron chi connectivity index (χ0n) is 11.4. The van der Waals surface area contributed by atoms with Crippen molar-refractivity contribution in [2.75, 3.05) is 0 Å². The number of halogens is 9. The molecule has 0 amide bonds. The van der Waals surface area contributed by atoms with Crippen LogP contribution in [0.2, 0.25) is 40.2 Å². The van der Waals surface area contributed by atoms with E-state index in [1.807, 2.05) is 0 Å². The van der Waals surface area contributed by atoms with Gasteiger partial charge in [0.15, 0.2) is 0 Å². The number of hydrogen-bond acceptors (Lipinski definition) is 2. The minimum atomic E-state index is -2.69. The van der Waals surface area contributed by atoms with E-state index >= 15 is 0 Å². The maximum absolute atomic E-state index is 10.6. The Labute approximate surface area is 187 Å². The van der Waals surface area contributed by atoms with Crippen LogP contribution in [0.25, 0.3) is 11.1 Å². The molecule has 134 valence electrons. The normalized spacial score (nSPS) is 18.1. The largest absolute Gasteiger partial charge is 0.360 e. The third-order valence-corrected chi connectivity index (χ3v) is 7.94. The van der Waals surface area contributed by atoms with Crippen LogP contribution in [0.1, 0.15) is 16.5 Å². The molecule has 0 saturated carbocycles. The zero-order valence-corrected chi connectivity index (χ0v) is 18.2. The van der Waals surface area contributed by atoms with Crippen molar-refractivity contribution >= 4 is 104 Å². The maximum atomic E-state index is 10.6. The molecule has 2 aromatic carbocycles. The molecule has 11 heteroatoms. The summed E-state index contributed by atoms with van der Waals surface area (Å²) in [6.07, 6.45) is 0. The SMILES string of the molecule is OC1(O)c2c(Cl)c(Cl)c(Cl)c(Cl)c2-c2c(Cl)c(Cl)c(Cl)c(Cl)c2C1Cl. The lowest BCUT2D eigenvalue weighted by molar-refractivity contribution is -0.172. The van der Waals surface area contributed by atoms with E-state index in [4.69, 9.17) is 104 Å². The lowest BCUT2D eigenvalue weighted by Crippen LogP contribution is -2.35. The molecule has 0 fully saturated rings. The highest BCUT2D eigenvalue weighted by molar-refractivity contribution is 6.56. The molecule has 0 aliphatic heterocycles. The van der Waals surface area contributed by atoms with Crippen molar-refractivity contribution < 1.29 is 10.2 Å². The van der Waals surface area contributed by atoms with Crippen molar-refractivity contribution in [3.63, 3.8) is 0 Å². The first-order chi connectivity index (χ1) is 11.4. The van der Waals surface area contributed by atoms with Crippen LogP contribution in [-0.4, -0.2) is 10.2 Å². The van der Waals surface area contributed by atoms with Gasteiger partial charge in [-0.2, -0.15) is 0 Å². The van der Waals surface area contributed by atoms with Gasteiger partial charge in [0.2, 0.25) is 5.79 Å². The molecule has 1 atom stereocenters. The third-order valence-electron chi connectivity index (χ3n) is 3.80. The van der Waals surface area contributed by atoms with Gasteiger partial charge in [-0.15, -0.1) is 11.6 Å². The van der Waals surface area contributed by atoms with Gasteiger partial charge in [0.1, 0.15) is 5.38 Å². The van der Waals surface area contributed by atoms with Crippen LogP contribution in [0.5, 0.6) is 0 Å². The second kappa shape index (κ2) is 6.79. The molecule has 1 unspecified atom stereocenters. The molecule has 2 aromatic rings. The predicted octanol–water partition coefficient (Wildman–Crippen LogP) is 8.01. The molecule has 0 heterocycles. The van der Waals surface area contributed by atoms with Gasteiger partial charge in [0, 0.05) is 22.3 Å². The molecule has 1 aliphatic rings. The van der Waals surface area contributed by atoms with Gasteiger partial charge >= 0.3 is 0 Å². The molecule has 0 aromatic heterocycles. The quantitative estimate of drug-likeness (QED) is 0.159. The average molecular weight is 522 g/mol. The van der Waals surface area contributed by atoms with Gasteiger partial charge in [-0.05, 0) is 0 Å². The van der Waals surface area contributed by atoms with Gasteiger partial charge in [-0.25, -0.2) is 0 Å². The lowest BCUT2D eigenvalue weighted by Gasteiger charge is -2.38. The number of alkyl halides is 1. The Kier molecular flexibility index (Phi) is 5.62. The number of hydrogen-bond donors (Lipinski definition) is 2. The molecule has 0 spiro atoms. The van der Waals surface area contributed by atoms with Crippen LogP contribution in [0.3, 0.4) is 0 Å². The van der Waals surface area contributed by atoms with E-state index in [0.29, 0.717) is 0 Å². The van der Waals surface area contributed by atoms with Crippen molar-refractivity contribution in [1.29, 1.82) is 0 Å². The van der Waals surface area contributed by atoms with E-state index in [1.54, 1.807) is 0 Å². The van der Waals surface area contributed by atoms with Gasteiger partial charge in [-0.1, -0.05) is 92.8 Å². The number of aliphatic hydroxyl groups is 2. The van der Waals surface area contributed by atoms with Crippen molar-refractivity contribution in [3.05, 3.63) is 51.3 Å².